The van der Waals surface area contributed by atoms with Gasteiger partial charge in [0.15, 0.2) is 0 Å². The minimum atomic E-state index is 1.30. The van der Waals surface area contributed by atoms with Crippen LogP contribution in [0.3, 0.4) is 0 Å². The standard InChI is InChI=1S/C8H7I/c9-8-4-3-6-1-2-7(6)5-8/h3-5H,1-2H2. The molecule has 1 aliphatic carbocycles. The van der Waals surface area contributed by atoms with E-state index in [9.17, 15) is 0 Å². The first-order valence-corrected chi connectivity index (χ1v) is 4.21. The monoisotopic (exact) mass is 230 g/mol. The highest BCUT2D eigenvalue weighted by atomic mass is 127. The third kappa shape index (κ3) is 0.874. The molecule has 1 heteroatoms. The van der Waals surface area contributed by atoms with Crippen molar-refractivity contribution < 1.29 is 0 Å². The van der Waals surface area contributed by atoms with Gasteiger partial charge in [0, 0.05) is 3.57 Å². The molecule has 0 unspecified atom stereocenters. The largest absolute Gasteiger partial charge is 0.0577 e. The molecule has 0 spiro atoms. The van der Waals surface area contributed by atoms with Crippen LogP contribution in [-0.4, -0.2) is 0 Å². The highest BCUT2D eigenvalue weighted by Crippen LogP contribution is 2.23. The van der Waals surface area contributed by atoms with Crippen LogP contribution in [0.2, 0.25) is 0 Å². The highest BCUT2D eigenvalue weighted by molar-refractivity contribution is 14.1. The molecule has 1 aliphatic rings. The zero-order valence-electron chi connectivity index (χ0n) is 5.02. The Hall–Kier alpha value is -0.0500. The molecule has 0 nitrogen and oxygen atoms in total. The Balaban J connectivity index is 2.57. The van der Waals surface area contributed by atoms with E-state index in [2.05, 4.69) is 40.8 Å². The first kappa shape index (κ1) is 5.71. The summed E-state index contributed by atoms with van der Waals surface area (Å²) in [6, 6.07) is 6.69. The van der Waals surface area contributed by atoms with Crippen LogP contribution in [0.1, 0.15) is 11.1 Å². The molecule has 2 rings (SSSR count). The van der Waals surface area contributed by atoms with E-state index in [0.29, 0.717) is 0 Å². The molecule has 46 valence electrons. The number of rotatable bonds is 0. The Morgan fingerprint density at radius 2 is 1.89 bits per heavy atom. The predicted octanol–water partition coefficient (Wildman–Crippen LogP) is 2.39. The zero-order valence-corrected chi connectivity index (χ0v) is 7.18. The van der Waals surface area contributed by atoms with Crippen LogP contribution in [0.5, 0.6) is 0 Å². The molecule has 0 saturated carbocycles. The fourth-order valence-corrected chi connectivity index (χ4v) is 1.72. The van der Waals surface area contributed by atoms with Crippen LogP contribution < -0.4 is 0 Å². The summed E-state index contributed by atoms with van der Waals surface area (Å²) in [5.74, 6) is 0. The molecule has 0 amide bonds. The topological polar surface area (TPSA) is 0 Å². The van der Waals surface area contributed by atoms with Crippen LogP contribution in [0.25, 0.3) is 0 Å². The van der Waals surface area contributed by atoms with Gasteiger partial charge in [0.1, 0.15) is 0 Å². The summed E-state index contributed by atoms with van der Waals surface area (Å²) in [6.45, 7) is 0. The maximum atomic E-state index is 2.36. The molecule has 0 fully saturated rings. The van der Waals surface area contributed by atoms with Gasteiger partial charge in [0.2, 0.25) is 0 Å². The second-order valence-corrected chi connectivity index (χ2v) is 3.66. The van der Waals surface area contributed by atoms with E-state index >= 15 is 0 Å². The van der Waals surface area contributed by atoms with Crippen molar-refractivity contribution in [2.75, 3.05) is 0 Å². The smallest absolute Gasteiger partial charge is 0.0133 e. The Bertz CT molecular complexity index is 240. The summed E-state index contributed by atoms with van der Waals surface area (Å²) in [5.41, 5.74) is 3.11. The molecular weight excluding hydrogens is 223 g/mol. The Kier molecular flexibility index (Phi) is 1.25. The maximum absolute atomic E-state index is 2.36. The maximum Gasteiger partial charge on any atom is 0.0133 e. The summed E-state index contributed by atoms with van der Waals surface area (Å²) in [6.07, 6.45) is 2.60. The first-order valence-electron chi connectivity index (χ1n) is 3.13. The van der Waals surface area contributed by atoms with Crippen LogP contribution in [0.4, 0.5) is 0 Å². The molecule has 0 atom stereocenters. The van der Waals surface area contributed by atoms with Gasteiger partial charge < -0.3 is 0 Å². The van der Waals surface area contributed by atoms with Gasteiger partial charge in [0.05, 0.1) is 0 Å². The van der Waals surface area contributed by atoms with Gasteiger partial charge in [-0.3, -0.25) is 0 Å². The van der Waals surface area contributed by atoms with E-state index < -0.39 is 0 Å². The third-order valence-electron chi connectivity index (χ3n) is 1.83. The Labute approximate surface area is 68.4 Å². The van der Waals surface area contributed by atoms with Crippen molar-refractivity contribution in [3.63, 3.8) is 0 Å². The summed E-state index contributed by atoms with van der Waals surface area (Å²) in [5, 5.41) is 0. The van der Waals surface area contributed by atoms with Crippen molar-refractivity contribution in [1.29, 1.82) is 0 Å². The second kappa shape index (κ2) is 1.97. The molecule has 0 bridgehead atoms. The van der Waals surface area contributed by atoms with E-state index in [0.717, 1.165) is 0 Å². The molecule has 0 radical (unpaired) electrons. The molecule has 0 heterocycles. The number of benzene rings is 1. The summed E-state index contributed by atoms with van der Waals surface area (Å²) in [4.78, 5) is 0. The van der Waals surface area contributed by atoms with Crippen molar-refractivity contribution in [1.82, 2.24) is 0 Å². The summed E-state index contributed by atoms with van der Waals surface area (Å²) < 4.78 is 1.37. The minimum Gasteiger partial charge on any atom is -0.0577 e. The summed E-state index contributed by atoms with van der Waals surface area (Å²) in [7, 11) is 0. The second-order valence-electron chi connectivity index (χ2n) is 2.41. The SMILES string of the molecule is Ic1ccc2c(c1)CC2. The first-order chi connectivity index (χ1) is 4.36. The molecular formula is C8H7I. The van der Waals surface area contributed by atoms with Gasteiger partial charge in [0.25, 0.3) is 0 Å². The third-order valence-corrected chi connectivity index (χ3v) is 2.50. The van der Waals surface area contributed by atoms with Crippen LogP contribution in [-0.2, 0) is 12.8 Å². The van der Waals surface area contributed by atoms with E-state index in [1.165, 1.54) is 16.4 Å². The fraction of sp³-hybridized carbons (Fsp3) is 0.250. The van der Waals surface area contributed by atoms with Gasteiger partial charge >= 0.3 is 0 Å². The molecule has 0 aromatic heterocycles. The van der Waals surface area contributed by atoms with Gasteiger partial charge in [-0.25, -0.2) is 0 Å². The normalized spacial score (nSPS) is 14.3. The van der Waals surface area contributed by atoms with E-state index in [-0.39, 0.29) is 0 Å². The predicted molar refractivity (Wildman–Crippen MR) is 46.6 cm³/mol. The van der Waals surface area contributed by atoms with E-state index in [1.807, 2.05) is 0 Å². The fourth-order valence-electron chi connectivity index (χ4n) is 1.16. The van der Waals surface area contributed by atoms with Gasteiger partial charge in [-0.05, 0) is 58.7 Å². The average molecular weight is 230 g/mol. The lowest BCUT2D eigenvalue weighted by Gasteiger charge is -2.17. The van der Waals surface area contributed by atoms with Crippen LogP contribution in [0.15, 0.2) is 18.2 Å². The molecule has 1 aromatic rings. The molecule has 9 heavy (non-hydrogen) atoms. The van der Waals surface area contributed by atoms with Crippen LogP contribution >= 0.6 is 22.6 Å². The number of aryl methyl sites for hydroxylation is 2. The number of hydrogen-bond acceptors (Lipinski definition) is 0. The molecule has 0 saturated heterocycles. The average Bonchev–Trinajstić information content (AvgIpc) is 1.78. The Morgan fingerprint density at radius 1 is 1.11 bits per heavy atom. The summed E-state index contributed by atoms with van der Waals surface area (Å²) >= 11 is 2.36. The van der Waals surface area contributed by atoms with E-state index in [1.54, 1.807) is 11.1 Å². The van der Waals surface area contributed by atoms with E-state index in [4.69, 9.17) is 0 Å². The van der Waals surface area contributed by atoms with Crippen molar-refractivity contribution >= 4 is 22.6 Å². The highest BCUT2D eigenvalue weighted by Gasteiger charge is 2.11. The molecule has 0 aliphatic heterocycles. The van der Waals surface area contributed by atoms with Crippen LogP contribution in [0, 0.1) is 3.57 Å². The van der Waals surface area contributed by atoms with Crippen molar-refractivity contribution in [3.8, 4) is 0 Å². The zero-order chi connectivity index (χ0) is 6.27. The molecule has 0 N–H and O–H groups in total. The van der Waals surface area contributed by atoms with Gasteiger partial charge in [-0.2, -0.15) is 0 Å². The lowest BCUT2D eigenvalue weighted by atomic mass is 9.89. The Morgan fingerprint density at radius 3 is 2.33 bits per heavy atom. The van der Waals surface area contributed by atoms with Gasteiger partial charge in [-0.15, -0.1) is 0 Å². The number of fused-ring (bicyclic) bond motifs is 1. The lowest BCUT2D eigenvalue weighted by Crippen LogP contribution is -2.07. The van der Waals surface area contributed by atoms with Gasteiger partial charge in [-0.1, -0.05) is 6.07 Å². The van der Waals surface area contributed by atoms with Crippen molar-refractivity contribution in [2.24, 2.45) is 0 Å². The number of halogens is 1. The minimum absolute atomic E-state index is 1.30. The quantitative estimate of drug-likeness (QED) is 0.600. The van der Waals surface area contributed by atoms with Crippen molar-refractivity contribution in [3.05, 3.63) is 32.9 Å². The lowest BCUT2D eigenvalue weighted by molar-refractivity contribution is 0.838. The van der Waals surface area contributed by atoms with Crippen molar-refractivity contribution in [2.45, 2.75) is 12.8 Å². The number of hydrogen-bond donors (Lipinski definition) is 0. The molecule has 1 aromatic carbocycles.